The molecule has 4 atom stereocenters. The average Bonchev–Trinajstić information content (AvgIpc) is 3.09. The van der Waals surface area contributed by atoms with Gasteiger partial charge in [-0.05, 0) is 43.3 Å². The number of piperazine rings is 1. The third kappa shape index (κ3) is 3.84. The van der Waals surface area contributed by atoms with Crippen molar-refractivity contribution < 1.29 is 14.5 Å². The average molecular weight is 359 g/mol. The van der Waals surface area contributed by atoms with Gasteiger partial charge in [-0.25, -0.2) is 0 Å². The quantitative estimate of drug-likeness (QED) is 0.855. The van der Waals surface area contributed by atoms with Crippen LogP contribution in [0.25, 0.3) is 0 Å². The zero-order valence-corrected chi connectivity index (χ0v) is 15.6. The molecule has 3 nitrogen and oxygen atoms in total. The predicted molar refractivity (Wildman–Crippen MR) is 101 cm³/mol. The van der Waals surface area contributed by atoms with E-state index in [2.05, 4.69) is 25.1 Å². The molecule has 2 saturated heterocycles. The second kappa shape index (κ2) is 7.36. The number of hydrogen-bond acceptors (Lipinski definition) is 1. The van der Waals surface area contributed by atoms with Crippen molar-refractivity contribution in [1.82, 2.24) is 0 Å². The summed E-state index contributed by atoms with van der Waals surface area (Å²) in [5, 5.41) is 0.729. The zero-order valence-electron chi connectivity index (χ0n) is 14.8. The molecule has 0 bridgehead atoms. The Morgan fingerprint density at radius 2 is 1.88 bits per heavy atom. The monoisotopic (exact) mass is 358 g/mol. The van der Waals surface area contributed by atoms with Crippen molar-refractivity contribution in [3.8, 4) is 11.5 Å². The molecule has 0 aromatic heterocycles. The molecule has 2 unspecified atom stereocenters. The summed E-state index contributed by atoms with van der Waals surface area (Å²) in [6.45, 7) is 7.51. The van der Waals surface area contributed by atoms with Gasteiger partial charge in [0.1, 0.15) is 43.2 Å². The standard InChI is InChI=1S/C21H25ClN2O/c1-16-21-6-3-11-23(21)12-13-24(16)15-17-4-2-5-20(14-17)25-19-9-7-18(22)8-10-19/h2,4-5,7-10,14,16,21H,3,6,11-13,15H2,1H3/p+2/t16-,21-/m1/s1. The number of halogens is 1. The van der Waals surface area contributed by atoms with Gasteiger partial charge in [0, 0.05) is 23.4 Å². The summed E-state index contributed by atoms with van der Waals surface area (Å²) in [6, 6.07) is 17.7. The lowest BCUT2D eigenvalue weighted by Crippen LogP contribution is -3.31. The van der Waals surface area contributed by atoms with E-state index in [1.165, 1.54) is 38.0 Å². The van der Waals surface area contributed by atoms with Crippen molar-refractivity contribution in [3.63, 3.8) is 0 Å². The molecule has 132 valence electrons. The van der Waals surface area contributed by atoms with E-state index in [1.54, 1.807) is 4.90 Å². The molecule has 25 heavy (non-hydrogen) atoms. The third-order valence-corrected chi connectivity index (χ3v) is 6.18. The van der Waals surface area contributed by atoms with Gasteiger partial charge in [-0.3, -0.25) is 0 Å². The molecule has 0 aliphatic carbocycles. The molecule has 2 aliphatic heterocycles. The van der Waals surface area contributed by atoms with Crippen LogP contribution in [0.3, 0.4) is 0 Å². The van der Waals surface area contributed by atoms with Gasteiger partial charge in [0.25, 0.3) is 0 Å². The number of rotatable bonds is 4. The van der Waals surface area contributed by atoms with E-state index in [4.69, 9.17) is 16.3 Å². The zero-order chi connectivity index (χ0) is 17.2. The highest BCUT2D eigenvalue weighted by Gasteiger charge is 2.42. The van der Waals surface area contributed by atoms with Crippen LogP contribution in [-0.2, 0) is 6.54 Å². The number of quaternary nitrogens is 2. The molecule has 2 aromatic rings. The Morgan fingerprint density at radius 1 is 1.04 bits per heavy atom. The minimum atomic E-state index is 0.729. The van der Waals surface area contributed by atoms with Crippen LogP contribution in [0.5, 0.6) is 11.5 Å². The van der Waals surface area contributed by atoms with Crippen LogP contribution in [0, 0.1) is 0 Å². The summed E-state index contributed by atoms with van der Waals surface area (Å²) in [5.41, 5.74) is 1.36. The van der Waals surface area contributed by atoms with Crippen LogP contribution < -0.4 is 14.5 Å². The molecule has 0 saturated carbocycles. The topological polar surface area (TPSA) is 18.1 Å². The van der Waals surface area contributed by atoms with Gasteiger partial charge in [-0.1, -0.05) is 23.7 Å². The molecule has 2 N–H and O–H groups in total. The van der Waals surface area contributed by atoms with E-state index in [0.29, 0.717) is 0 Å². The molecule has 4 heteroatoms. The number of fused-ring (bicyclic) bond motifs is 1. The van der Waals surface area contributed by atoms with Gasteiger partial charge in [0.2, 0.25) is 0 Å². The lowest BCUT2D eigenvalue weighted by Gasteiger charge is -2.37. The van der Waals surface area contributed by atoms with Crippen LogP contribution >= 0.6 is 11.6 Å². The lowest BCUT2D eigenvalue weighted by atomic mass is 10.0. The molecule has 2 aliphatic rings. The first kappa shape index (κ1) is 16.9. The van der Waals surface area contributed by atoms with Gasteiger partial charge in [-0.15, -0.1) is 0 Å². The van der Waals surface area contributed by atoms with E-state index in [0.717, 1.165) is 35.2 Å². The van der Waals surface area contributed by atoms with Crippen molar-refractivity contribution >= 4 is 11.6 Å². The Balaban J connectivity index is 1.43. The van der Waals surface area contributed by atoms with Crippen LogP contribution in [0.2, 0.25) is 5.02 Å². The minimum absolute atomic E-state index is 0.729. The van der Waals surface area contributed by atoms with E-state index >= 15 is 0 Å². The summed E-state index contributed by atoms with van der Waals surface area (Å²) in [5.74, 6) is 1.72. The smallest absolute Gasteiger partial charge is 0.140 e. The number of benzene rings is 2. The van der Waals surface area contributed by atoms with E-state index in [-0.39, 0.29) is 0 Å². The maximum absolute atomic E-state index is 5.99. The van der Waals surface area contributed by atoms with Crippen molar-refractivity contribution in [2.45, 2.75) is 38.4 Å². The second-order valence-corrected chi connectivity index (χ2v) is 7.92. The van der Waals surface area contributed by atoms with E-state index in [9.17, 15) is 0 Å². The fraction of sp³-hybridized carbons (Fsp3) is 0.429. The van der Waals surface area contributed by atoms with Crippen LogP contribution in [0.4, 0.5) is 0 Å². The molecule has 4 rings (SSSR count). The first-order chi connectivity index (χ1) is 12.2. The SMILES string of the molecule is C[C@@H]1[C@H]2CCC[NH+]2CC[NH+]1Cc1cccc(Oc2ccc(Cl)cc2)c1. The van der Waals surface area contributed by atoms with Gasteiger partial charge in [0.05, 0.1) is 6.54 Å². The van der Waals surface area contributed by atoms with Gasteiger partial charge in [0.15, 0.2) is 0 Å². The maximum atomic E-state index is 5.99. The molecular formula is C21H27ClN2O+2. The Bertz CT molecular complexity index is 718. The number of ether oxygens (including phenoxy) is 1. The Kier molecular flexibility index (Phi) is 4.98. The van der Waals surface area contributed by atoms with Crippen LogP contribution in [0.1, 0.15) is 25.3 Å². The van der Waals surface area contributed by atoms with Crippen LogP contribution in [0.15, 0.2) is 48.5 Å². The fourth-order valence-corrected chi connectivity index (χ4v) is 4.68. The molecular weight excluding hydrogens is 332 g/mol. The largest absolute Gasteiger partial charge is 0.457 e. The molecule has 2 aromatic carbocycles. The Hall–Kier alpha value is -1.55. The Labute approximate surface area is 155 Å². The normalized spacial score (nSPS) is 28.6. The highest BCUT2D eigenvalue weighted by molar-refractivity contribution is 6.30. The van der Waals surface area contributed by atoms with Crippen molar-refractivity contribution in [2.24, 2.45) is 0 Å². The maximum Gasteiger partial charge on any atom is 0.140 e. The molecule has 0 radical (unpaired) electrons. The molecule has 2 heterocycles. The molecule has 0 amide bonds. The number of hydrogen-bond donors (Lipinski definition) is 2. The molecule has 2 fully saturated rings. The summed E-state index contributed by atoms with van der Waals surface area (Å²) < 4.78 is 5.99. The van der Waals surface area contributed by atoms with E-state index in [1.807, 2.05) is 35.2 Å². The van der Waals surface area contributed by atoms with Crippen molar-refractivity contribution in [1.29, 1.82) is 0 Å². The number of nitrogens with one attached hydrogen (secondary N) is 2. The highest BCUT2D eigenvalue weighted by Crippen LogP contribution is 2.23. The summed E-state index contributed by atoms with van der Waals surface area (Å²) >= 11 is 5.94. The molecule has 0 spiro atoms. The first-order valence-electron chi connectivity index (χ1n) is 9.40. The highest BCUT2D eigenvalue weighted by atomic mass is 35.5. The minimum Gasteiger partial charge on any atom is -0.457 e. The van der Waals surface area contributed by atoms with Crippen molar-refractivity contribution in [2.75, 3.05) is 19.6 Å². The van der Waals surface area contributed by atoms with E-state index < -0.39 is 0 Å². The first-order valence-corrected chi connectivity index (χ1v) is 9.78. The third-order valence-electron chi connectivity index (χ3n) is 5.93. The lowest BCUT2D eigenvalue weighted by molar-refractivity contribution is -1.05. The fourth-order valence-electron chi connectivity index (χ4n) is 4.56. The van der Waals surface area contributed by atoms with Gasteiger partial charge in [-0.2, -0.15) is 0 Å². The predicted octanol–water partition coefficient (Wildman–Crippen LogP) is 1.97. The Morgan fingerprint density at radius 3 is 2.72 bits per heavy atom. The van der Waals surface area contributed by atoms with Gasteiger partial charge < -0.3 is 14.5 Å². The van der Waals surface area contributed by atoms with Crippen molar-refractivity contribution in [3.05, 3.63) is 59.1 Å². The van der Waals surface area contributed by atoms with Gasteiger partial charge >= 0.3 is 0 Å². The summed E-state index contributed by atoms with van der Waals surface area (Å²) in [7, 11) is 0. The summed E-state index contributed by atoms with van der Waals surface area (Å²) in [6.07, 6.45) is 2.81. The van der Waals surface area contributed by atoms with Crippen LogP contribution in [-0.4, -0.2) is 31.7 Å². The summed E-state index contributed by atoms with van der Waals surface area (Å²) in [4.78, 5) is 3.57. The second-order valence-electron chi connectivity index (χ2n) is 7.48.